The Balaban J connectivity index is 3.89. The van der Waals surface area contributed by atoms with Crippen LogP contribution >= 0.6 is 0 Å². The van der Waals surface area contributed by atoms with Gasteiger partial charge in [0.1, 0.15) is 0 Å². The summed E-state index contributed by atoms with van der Waals surface area (Å²) in [5, 5.41) is 0. The first-order valence-corrected chi connectivity index (χ1v) is 5.64. The van der Waals surface area contributed by atoms with E-state index < -0.39 is 0 Å². The summed E-state index contributed by atoms with van der Waals surface area (Å²) in [6.07, 6.45) is 12.1. The second kappa shape index (κ2) is 8.28. The monoisotopic (exact) mass is 204 g/mol. The average Bonchev–Trinajstić information content (AvgIpc) is 2.17. The van der Waals surface area contributed by atoms with Gasteiger partial charge in [-0.25, -0.2) is 0 Å². The van der Waals surface area contributed by atoms with E-state index in [4.69, 9.17) is 0 Å². The summed E-state index contributed by atoms with van der Waals surface area (Å²) < 4.78 is 0. The van der Waals surface area contributed by atoms with Crippen LogP contribution in [-0.2, 0) is 0 Å². The Morgan fingerprint density at radius 1 is 1.00 bits per heavy atom. The molecule has 0 aliphatic rings. The third-order valence-corrected chi connectivity index (χ3v) is 2.32. The van der Waals surface area contributed by atoms with E-state index in [1.807, 2.05) is 6.08 Å². The van der Waals surface area contributed by atoms with Gasteiger partial charge in [0, 0.05) is 0 Å². The molecule has 0 amide bonds. The lowest BCUT2D eigenvalue weighted by molar-refractivity contribution is 0.958. The third-order valence-electron chi connectivity index (χ3n) is 2.32. The molecule has 0 aromatic carbocycles. The number of allylic oxidation sites excluding steroid dienone is 7. The second-order valence-corrected chi connectivity index (χ2v) is 4.26. The predicted molar refractivity (Wildman–Crippen MR) is 71.0 cm³/mol. The van der Waals surface area contributed by atoms with Gasteiger partial charge in [0.25, 0.3) is 0 Å². The molecule has 0 nitrogen and oxygen atoms in total. The molecule has 0 N–H and O–H groups in total. The first kappa shape index (κ1) is 14.0. The van der Waals surface area contributed by atoms with E-state index in [-0.39, 0.29) is 0 Å². The quantitative estimate of drug-likeness (QED) is 0.412. The fraction of sp³-hybridized carbons (Fsp3) is 0.467. The predicted octanol–water partition coefficient (Wildman–Crippen LogP) is 5.20. The van der Waals surface area contributed by atoms with E-state index in [9.17, 15) is 0 Å². The molecular weight excluding hydrogens is 180 g/mol. The highest BCUT2D eigenvalue weighted by Crippen LogP contribution is 2.08. The highest BCUT2D eigenvalue weighted by molar-refractivity contribution is 5.15. The van der Waals surface area contributed by atoms with Gasteiger partial charge in [0.05, 0.1) is 0 Å². The van der Waals surface area contributed by atoms with Crippen LogP contribution in [0, 0.1) is 0 Å². The molecule has 0 heterocycles. The second-order valence-electron chi connectivity index (χ2n) is 4.26. The van der Waals surface area contributed by atoms with Crippen molar-refractivity contribution in [2.75, 3.05) is 0 Å². The van der Waals surface area contributed by atoms with Crippen molar-refractivity contribution in [2.24, 2.45) is 0 Å². The lowest BCUT2D eigenvalue weighted by atomic mass is 10.1. The SMILES string of the molecule is C=C/C(C)=C\C/C=C(/C)CCC=C(C)C. The standard InChI is InChI=1S/C15H24/c1-6-14(4)10-8-12-15(5)11-7-9-13(2)3/h6,9-10,12H,1,7-8,11H2,2-5H3/b14-10-,15-12-. The molecule has 0 rings (SSSR count). The largest absolute Gasteiger partial charge is 0.0988 e. The summed E-state index contributed by atoms with van der Waals surface area (Å²) in [4.78, 5) is 0. The van der Waals surface area contributed by atoms with Gasteiger partial charge in [-0.05, 0) is 47.0 Å². The molecule has 0 atom stereocenters. The van der Waals surface area contributed by atoms with E-state index in [1.54, 1.807) is 0 Å². The maximum absolute atomic E-state index is 3.73. The van der Waals surface area contributed by atoms with Crippen LogP contribution in [0.5, 0.6) is 0 Å². The molecule has 0 saturated heterocycles. The van der Waals surface area contributed by atoms with Crippen molar-refractivity contribution in [3.05, 3.63) is 47.6 Å². The third kappa shape index (κ3) is 9.27. The molecule has 0 radical (unpaired) electrons. The number of rotatable bonds is 6. The minimum absolute atomic E-state index is 1.03. The van der Waals surface area contributed by atoms with Gasteiger partial charge in [0.15, 0.2) is 0 Å². The lowest BCUT2D eigenvalue weighted by Gasteiger charge is -1.98. The zero-order valence-corrected chi connectivity index (χ0v) is 10.6. The van der Waals surface area contributed by atoms with E-state index in [1.165, 1.54) is 23.1 Å². The molecule has 0 heteroatoms. The Hall–Kier alpha value is -1.04. The highest BCUT2D eigenvalue weighted by Gasteiger charge is 1.88. The molecular formula is C15H24. The summed E-state index contributed by atoms with van der Waals surface area (Å²) in [5.74, 6) is 0. The molecule has 0 bridgehead atoms. The topological polar surface area (TPSA) is 0 Å². The maximum atomic E-state index is 3.73. The fourth-order valence-electron chi connectivity index (χ4n) is 1.22. The van der Waals surface area contributed by atoms with Gasteiger partial charge in [-0.2, -0.15) is 0 Å². The van der Waals surface area contributed by atoms with Crippen molar-refractivity contribution in [1.29, 1.82) is 0 Å². The van der Waals surface area contributed by atoms with Gasteiger partial charge in [-0.3, -0.25) is 0 Å². The molecule has 15 heavy (non-hydrogen) atoms. The molecule has 0 unspecified atom stereocenters. The Labute approximate surface area is 95.1 Å². The molecule has 0 aliphatic carbocycles. The van der Waals surface area contributed by atoms with Crippen LogP contribution in [0.1, 0.15) is 47.0 Å². The zero-order chi connectivity index (χ0) is 11.7. The van der Waals surface area contributed by atoms with E-state index in [2.05, 4.69) is 52.5 Å². The minimum atomic E-state index is 1.03. The summed E-state index contributed by atoms with van der Waals surface area (Å²) in [5.41, 5.74) is 4.13. The van der Waals surface area contributed by atoms with Crippen molar-refractivity contribution in [3.63, 3.8) is 0 Å². The maximum Gasteiger partial charge on any atom is -0.0161 e. The summed E-state index contributed by atoms with van der Waals surface area (Å²) >= 11 is 0. The Kier molecular flexibility index (Phi) is 7.71. The summed E-state index contributed by atoms with van der Waals surface area (Å²) in [7, 11) is 0. The molecule has 84 valence electrons. The summed E-state index contributed by atoms with van der Waals surface area (Å²) in [6, 6.07) is 0. The van der Waals surface area contributed by atoms with Crippen LogP contribution in [0.3, 0.4) is 0 Å². The van der Waals surface area contributed by atoms with Gasteiger partial charge < -0.3 is 0 Å². The normalized spacial score (nSPS) is 12.5. The first-order valence-electron chi connectivity index (χ1n) is 5.64. The van der Waals surface area contributed by atoms with E-state index in [0.29, 0.717) is 0 Å². The molecule has 0 aromatic heterocycles. The van der Waals surface area contributed by atoms with Crippen molar-refractivity contribution in [3.8, 4) is 0 Å². The molecule has 0 aliphatic heterocycles. The smallest absolute Gasteiger partial charge is 0.0161 e. The number of hydrogen-bond donors (Lipinski definition) is 0. The fourth-order valence-corrected chi connectivity index (χ4v) is 1.22. The lowest BCUT2D eigenvalue weighted by Crippen LogP contribution is -1.77. The van der Waals surface area contributed by atoms with Crippen molar-refractivity contribution in [1.82, 2.24) is 0 Å². The van der Waals surface area contributed by atoms with E-state index >= 15 is 0 Å². The van der Waals surface area contributed by atoms with Crippen molar-refractivity contribution >= 4 is 0 Å². The minimum Gasteiger partial charge on any atom is -0.0988 e. The molecule has 0 spiro atoms. The Bertz CT molecular complexity index is 270. The highest BCUT2D eigenvalue weighted by atomic mass is 13.9. The average molecular weight is 204 g/mol. The molecule has 0 aromatic rings. The van der Waals surface area contributed by atoms with Crippen LogP contribution in [0.25, 0.3) is 0 Å². The van der Waals surface area contributed by atoms with Gasteiger partial charge in [-0.15, -0.1) is 0 Å². The Morgan fingerprint density at radius 2 is 1.67 bits per heavy atom. The van der Waals surface area contributed by atoms with Gasteiger partial charge >= 0.3 is 0 Å². The first-order chi connectivity index (χ1) is 7.06. The van der Waals surface area contributed by atoms with Crippen LogP contribution in [0.2, 0.25) is 0 Å². The number of hydrogen-bond acceptors (Lipinski definition) is 0. The molecule has 0 saturated carbocycles. The van der Waals surface area contributed by atoms with Gasteiger partial charge in [-0.1, -0.05) is 47.6 Å². The van der Waals surface area contributed by atoms with Crippen molar-refractivity contribution < 1.29 is 0 Å². The summed E-state index contributed by atoms with van der Waals surface area (Å²) in [6.45, 7) is 12.3. The van der Waals surface area contributed by atoms with Crippen LogP contribution < -0.4 is 0 Å². The van der Waals surface area contributed by atoms with Crippen LogP contribution in [-0.4, -0.2) is 0 Å². The van der Waals surface area contributed by atoms with E-state index in [0.717, 1.165) is 12.8 Å². The van der Waals surface area contributed by atoms with Crippen molar-refractivity contribution in [2.45, 2.75) is 47.0 Å². The van der Waals surface area contributed by atoms with Gasteiger partial charge in [0.2, 0.25) is 0 Å². The Morgan fingerprint density at radius 3 is 2.20 bits per heavy atom. The molecule has 0 fully saturated rings. The van der Waals surface area contributed by atoms with Crippen LogP contribution in [0.4, 0.5) is 0 Å². The zero-order valence-electron chi connectivity index (χ0n) is 10.6. The van der Waals surface area contributed by atoms with Crippen LogP contribution in [0.15, 0.2) is 47.6 Å².